The van der Waals surface area contributed by atoms with E-state index in [4.69, 9.17) is 9.72 Å². The lowest BCUT2D eigenvalue weighted by Gasteiger charge is -2.54. The minimum atomic E-state index is -0.618. The van der Waals surface area contributed by atoms with Gasteiger partial charge in [0.1, 0.15) is 30.0 Å². The van der Waals surface area contributed by atoms with E-state index in [-0.39, 0.29) is 36.1 Å². The summed E-state index contributed by atoms with van der Waals surface area (Å²) < 4.78 is 6.31. The molecule has 4 fully saturated rings. The summed E-state index contributed by atoms with van der Waals surface area (Å²) in [5.74, 6) is 2.65. The van der Waals surface area contributed by atoms with Crippen LogP contribution in [-0.4, -0.2) is 95.6 Å². The summed E-state index contributed by atoms with van der Waals surface area (Å²) >= 11 is 0. The molecular weight excluding hydrogens is 741 g/mol. The van der Waals surface area contributed by atoms with Crippen LogP contribution >= 0.6 is 0 Å². The number of carbonyl (C=O) groups is 3. The van der Waals surface area contributed by atoms with Crippen LogP contribution in [0.4, 0.5) is 11.5 Å². The lowest BCUT2D eigenvalue weighted by atomic mass is 9.57. The van der Waals surface area contributed by atoms with Gasteiger partial charge in [0.15, 0.2) is 0 Å². The number of carbonyl (C=O) groups excluding carboxylic acids is 3. The van der Waals surface area contributed by atoms with Gasteiger partial charge in [-0.3, -0.25) is 24.6 Å². The van der Waals surface area contributed by atoms with E-state index in [1.807, 2.05) is 18.2 Å². The summed E-state index contributed by atoms with van der Waals surface area (Å²) in [6.45, 7) is 7.11. The van der Waals surface area contributed by atoms with Crippen LogP contribution in [0.1, 0.15) is 95.0 Å². The average Bonchev–Trinajstić information content (AvgIpc) is 3.56. The summed E-state index contributed by atoms with van der Waals surface area (Å²) in [5, 5.41) is 12.6. The second-order valence-corrected chi connectivity index (χ2v) is 18.4. The molecule has 6 heterocycles. The van der Waals surface area contributed by atoms with Crippen LogP contribution < -0.4 is 19.9 Å². The average molecular weight is 793 g/mol. The van der Waals surface area contributed by atoms with Gasteiger partial charge in [0, 0.05) is 69.9 Å². The number of nitrogens with zero attached hydrogens (tertiary/aromatic N) is 5. The summed E-state index contributed by atoms with van der Waals surface area (Å²) in [6.07, 6.45) is 9.78. The maximum Gasteiger partial charge on any atom is 0.255 e. The minimum Gasteiger partial charge on any atom is -0.508 e. The van der Waals surface area contributed by atoms with Crippen molar-refractivity contribution in [2.75, 3.05) is 55.7 Å². The molecule has 3 amide bonds. The molecule has 4 aromatic rings. The number of amides is 3. The maximum absolute atomic E-state index is 13.4. The SMILES string of the molecule is O=C1CCC(N2Cc3cc4c(cc3C2=O)OC[C@@H]2CN(CC3CC5(CCN(c6ccc([C@@H]7c8ccc(O)cc8CC[C@@H]7c7ccccc7)cn6)CC5)C3)CCN42)C(=O)N1. The van der Waals surface area contributed by atoms with Crippen molar-refractivity contribution in [3.8, 4) is 11.5 Å². The summed E-state index contributed by atoms with van der Waals surface area (Å²) in [7, 11) is 0. The number of phenolic OH excluding ortho intramolecular Hbond substituents is 1. The Bertz CT molecular complexity index is 2300. The van der Waals surface area contributed by atoms with Crippen molar-refractivity contribution in [1.82, 2.24) is 20.1 Å². The topological polar surface area (TPSA) is 119 Å². The molecule has 11 nitrogen and oxygen atoms in total. The number of phenols is 1. The highest BCUT2D eigenvalue weighted by Gasteiger charge is 2.47. The van der Waals surface area contributed by atoms with Crippen molar-refractivity contribution in [2.45, 2.75) is 81.8 Å². The van der Waals surface area contributed by atoms with E-state index in [0.29, 0.717) is 42.2 Å². The largest absolute Gasteiger partial charge is 0.508 e. The number of ether oxygens (including phenoxy) is 1. The second-order valence-electron chi connectivity index (χ2n) is 18.4. The van der Waals surface area contributed by atoms with E-state index in [1.54, 1.807) is 4.90 Å². The molecule has 1 saturated carbocycles. The Morgan fingerprint density at radius 3 is 2.49 bits per heavy atom. The molecule has 11 heteroatoms. The molecule has 1 unspecified atom stereocenters. The monoisotopic (exact) mass is 792 g/mol. The molecule has 2 aliphatic carbocycles. The summed E-state index contributed by atoms with van der Waals surface area (Å²) in [5.41, 5.74) is 8.18. The fraction of sp³-hybridized carbons (Fsp3) is 0.458. The van der Waals surface area contributed by atoms with E-state index in [0.717, 1.165) is 80.8 Å². The molecule has 59 heavy (non-hydrogen) atoms. The number of rotatable bonds is 6. The fourth-order valence-electron chi connectivity index (χ4n) is 12.0. The Labute approximate surface area is 345 Å². The number of imide groups is 1. The van der Waals surface area contributed by atoms with Gasteiger partial charge in [-0.2, -0.15) is 0 Å². The third kappa shape index (κ3) is 6.53. The van der Waals surface area contributed by atoms with Gasteiger partial charge in [-0.1, -0.05) is 42.5 Å². The lowest BCUT2D eigenvalue weighted by molar-refractivity contribution is -0.136. The van der Waals surface area contributed by atoms with Gasteiger partial charge in [0.2, 0.25) is 11.8 Å². The van der Waals surface area contributed by atoms with Crippen molar-refractivity contribution in [2.24, 2.45) is 11.3 Å². The highest BCUT2D eigenvalue weighted by atomic mass is 16.5. The molecular formula is C48H52N6O5. The first-order valence-corrected chi connectivity index (χ1v) is 21.8. The third-order valence-electron chi connectivity index (χ3n) is 15.0. The molecule has 3 saturated heterocycles. The van der Waals surface area contributed by atoms with Crippen LogP contribution in [0.3, 0.4) is 0 Å². The number of fused-ring (bicyclic) bond motifs is 5. The van der Waals surface area contributed by atoms with Crippen molar-refractivity contribution in [3.05, 3.63) is 112 Å². The quantitative estimate of drug-likeness (QED) is 0.227. The first-order valence-electron chi connectivity index (χ1n) is 21.8. The number of aromatic hydroxyl groups is 1. The molecule has 304 valence electrons. The first-order chi connectivity index (χ1) is 28.8. The van der Waals surface area contributed by atoms with Crippen LogP contribution in [0.2, 0.25) is 0 Å². The van der Waals surface area contributed by atoms with Crippen LogP contribution in [0.25, 0.3) is 0 Å². The molecule has 2 N–H and O–H groups in total. The number of nitrogens with one attached hydrogen (secondary N) is 1. The van der Waals surface area contributed by atoms with E-state index in [2.05, 4.69) is 80.8 Å². The minimum absolute atomic E-state index is 0.162. The molecule has 3 aromatic carbocycles. The number of piperazine rings is 1. The van der Waals surface area contributed by atoms with Crippen LogP contribution in [0, 0.1) is 11.3 Å². The van der Waals surface area contributed by atoms with E-state index in [9.17, 15) is 19.5 Å². The summed E-state index contributed by atoms with van der Waals surface area (Å²) in [6, 6.07) is 24.9. The van der Waals surface area contributed by atoms with Crippen LogP contribution in [0.5, 0.6) is 11.5 Å². The lowest BCUT2D eigenvalue weighted by Crippen LogP contribution is -2.59. The van der Waals surface area contributed by atoms with Gasteiger partial charge in [0.25, 0.3) is 5.91 Å². The Morgan fingerprint density at radius 1 is 0.847 bits per heavy atom. The predicted molar refractivity (Wildman–Crippen MR) is 224 cm³/mol. The Morgan fingerprint density at radius 2 is 1.69 bits per heavy atom. The third-order valence-corrected chi connectivity index (χ3v) is 15.0. The zero-order chi connectivity index (χ0) is 39.8. The highest BCUT2D eigenvalue weighted by Crippen LogP contribution is 2.53. The number of aromatic nitrogens is 1. The highest BCUT2D eigenvalue weighted by molar-refractivity contribution is 6.06. The molecule has 11 rings (SSSR count). The fourth-order valence-corrected chi connectivity index (χ4v) is 12.0. The van der Waals surface area contributed by atoms with Gasteiger partial charge < -0.3 is 24.5 Å². The number of piperidine rings is 2. The van der Waals surface area contributed by atoms with E-state index in [1.165, 1.54) is 47.9 Å². The Balaban J connectivity index is 0.687. The van der Waals surface area contributed by atoms with Gasteiger partial charge in [0.05, 0.1) is 11.7 Å². The van der Waals surface area contributed by atoms with Crippen molar-refractivity contribution >= 4 is 29.2 Å². The summed E-state index contributed by atoms with van der Waals surface area (Å²) in [4.78, 5) is 52.0. The normalized spacial score (nSPS) is 26.4. The number of benzene rings is 3. The van der Waals surface area contributed by atoms with E-state index < -0.39 is 6.04 Å². The van der Waals surface area contributed by atoms with Gasteiger partial charge >= 0.3 is 0 Å². The molecule has 1 spiro atoms. The van der Waals surface area contributed by atoms with Gasteiger partial charge in [-0.25, -0.2) is 4.98 Å². The second kappa shape index (κ2) is 14.4. The Kier molecular flexibility index (Phi) is 8.94. The molecule has 1 aromatic heterocycles. The van der Waals surface area contributed by atoms with Crippen LogP contribution in [0.15, 0.2) is 79.0 Å². The predicted octanol–water partition coefficient (Wildman–Crippen LogP) is 5.99. The molecule has 4 atom stereocenters. The van der Waals surface area contributed by atoms with E-state index >= 15 is 0 Å². The van der Waals surface area contributed by atoms with Gasteiger partial charge in [-0.05, 0) is 120 Å². The molecule has 0 radical (unpaired) electrons. The molecule has 5 aliphatic heterocycles. The zero-order valence-corrected chi connectivity index (χ0v) is 33.5. The number of hydrogen-bond donors (Lipinski definition) is 2. The van der Waals surface area contributed by atoms with Crippen LogP contribution in [-0.2, 0) is 22.6 Å². The van der Waals surface area contributed by atoms with Crippen molar-refractivity contribution in [3.63, 3.8) is 0 Å². The number of aryl methyl sites for hydroxylation is 1. The maximum atomic E-state index is 13.4. The molecule has 7 aliphatic rings. The number of hydrogen-bond acceptors (Lipinski definition) is 9. The molecule has 0 bridgehead atoms. The van der Waals surface area contributed by atoms with Gasteiger partial charge in [-0.15, -0.1) is 0 Å². The zero-order valence-electron chi connectivity index (χ0n) is 33.5. The standard InChI is InChI=1S/C48H52N6O5/c55-36-8-10-38-32(20-36)6-9-37(31-4-2-1-3-5-31)45(38)33-7-12-43(49-25-33)52-16-14-48(15-17-52)23-30(24-48)26-51-18-19-53-35(28-51)29-59-42-22-39-34(21-41(42)53)27-54(47(39)58)40-11-13-44(56)50-46(40)57/h1-5,7-8,10,12,20-22,25,30,35,37,40,45,55H,6,9,11,13-19,23-24,26-29H2,(H,50,56,57)/t35-,37+,40?,45-/m0/s1. The smallest absolute Gasteiger partial charge is 0.255 e. The number of anilines is 2. The first kappa shape index (κ1) is 36.6. The van der Waals surface area contributed by atoms with Crippen molar-refractivity contribution < 1.29 is 24.2 Å². The number of pyridine rings is 1. The Hall–Kier alpha value is -5.42. The van der Waals surface area contributed by atoms with Crippen molar-refractivity contribution in [1.29, 1.82) is 0 Å².